The Morgan fingerprint density at radius 3 is 2.55 bits per heavy atom. The Morgan fingerprint density at radius 1 is 1.36 bits per heavy atom. The van der Waals surface area contributed by atoms with E-state index in [4.69, 9.17) is 23.2 Å². The minimum Gasteiger partial charge on any atom is -0.271 e. The number of hydrogen-bond acceptors (Lipinski definition) is 6. The summed E-state index contributed by atoms with van der Waals surface area (Å²) in [6.45, 7) is 1.91. The third-order valence-corrected chi connectivity index (χ3v) is 3.22. The maximum absolute atomic E-state index is 11.0. The number of non-ortho nitro benzene ring substituents is 1. The molecular weight excluding hydrogens is 335 g/mol. The summed E-state index contributed by atoms with van der Waals surface area (Å²) >= 11 is 11.4. The predicted molar refractivity (Wildman–Crippen MR) is 85.5 cm³/mol. The van der Waals surface area contributed by atoms with Gasteiger partial charge >= 0.3 is 5.69 Å². The van der Waals surface area contributed by atoms with Crippen LogP contribution in [0.25, 0.3) is 0 Å². The van der Waals surface area contributed by atoms with Crippen molar-refractivity contribution in [1.82, 2.24) is 0 Å². The number of halogens is 2. The fourth-order valence-corrected chi connectivity index (χ4v) is 1.80. The highest BCUT2D eigenvalue weighted by Crippen LogP contribution is 2.29. The summed E-state index contributed by atoms with van der Waals surface area (Å²) in [6.07, 6.45) is 1.25. The van der Waals surface area contributed by atoms with Gasteiger partial charge in [-0.15, -0.1) is 0 Å². The van der Waals surface area contributed by atoms with Crippen LogP contribution in [0.4, 0.5) is 17.1 Å². The molecule has 1 aromatic rings. The van der Waals surface area contributed by atoms with Crippen LogP contribution in [0.15, 0.2) is 33.9 Å². The Labute approximate surface area is 135 Å². The van der Waals surface area contributed by atoms with Crippen LogP contribution in [0.3, 0.4) is 0 Å². The van der Waals surface area contributed by atoms with Crippen LogP contribution in [-0.2, 0) is 0 Å². The molecule has 10 heteroatoms. The molecule has 1 N–H and O–H groups in total. The van der Waals surface area contributed by atoms with Crippen LogP contribution in [0.2, 0.25) is 0 Å². The molecule has 118 valence electrons. The number of allylic oxidation sites excluding steroid dienone is 1. The Morgan fingerprint density at radius 2 is 2.05 bits per heavy atom. The Kier molecular flexibility index (Phi) is 6.74. The predicted octanol–water partition coefficient (Wildman–Crippen LogP) is 4.39. The number of hydrazone groups is 1. The van der Waals surface area contributed by atoms with E-state index in [1.54, 1.807) is 0 Å². The summed E-state index contributed by atoms with van der Waals surface area (Å²) in [5, 5.41) is 25.8. The average Bonchev–Trinajstić information content (AvgIpc) is 2.50. The highest BCUT2D eigenvalue weighted by molar-refractivity contribution is 6.47. The van der Waals surface area contributed by atoms with E-state index in [1.165, 1.54) is 6.07 Å². The van der Waals surface area contributed by atoms with E-state index < -0.39 is 15.5 Å². The van der Waals surface area contributed by atoms with Gasteiger partial charge in [0, 0.05) is 11.6 Å². The normalized spacial score (nSPS) is 12.1. The number of hydrogen-bond donors (Lipinski definition) is 1. The summed E-state index contributed by atoms with van der Waals surface area (Å²) in [7, 11) is 0. The second-order valence-corrected chi connectivity index (χ2v) is 4.72. The van der Waals surface area contributed by atoms with Gasteiger partial charge in [-0.2, -0.15) is 5.10 Å². The molecule has 22 heavy (non-hydrogen) atoms. The summed E-state index contributed by atoms with van der Waals surface area (Å²) in [6, 6.07) is 3.21. The summed E-state index contributed by atoms with van der Waals surface area (Å²) < 4.78 is 0. The van der Waals surface area contributed by atoms with Gasteiger partial charge in [-0.05, 0) is 12.5 Å². The van der Waals surface area contributed by atoms with Crippen LogP contribution in [-0.4, -0.2) is 15.6 Å². The number of benzene rings is 1. The van der Waals surface area contributed by atoms with Crippen LogP contribution >= 0.6 is 23.2 Å². The molecule has 0 saturated carbocycles. The molecule has 0 fully saturated rings. The second kappa shape index (κ2) is 8.30. The second-order valence-electron chi connectivity index (χ2n) is 4.09. The lowest BCUT2D eigenvalue weighted by atomic mass is 10.2. The Hall–Kier alpha value is -2.19. The first-order valence-electron chi connectivity index (χ1n) is 6.12. The molecule has 0 unspecified atom stereocenters. The topological polar surface area (TPSA) is 111 Å². The van der Waals surface area contributed by atoms with Crippen molar-refractivity contribution in [1.29, 1.82) is 0 Å². The molecule has 8 nitrogen and oxygen atoms in total. The molecule has 0 heterocycles. The van der Waals surface area contributed by atoms with Crippen LogP contribution in [0.5, 0.6) is 0 Å². The van der Waals surface area contributed by atoms with Gasteiger partial charge in [0.1, 0.15) is 5.69 Å². The van der Waals surface area contributed by atoms with E-state index in [9.17, 15) is 20.2 Å². The standard InChI is InChI=1S/C12H12Cl2N4O4/c1-2-3-10(9(14)7-13)15-16-11-5-4-8(17(19)20)6-12(11)18(21)22/h4-7,16H,2-3H2,1H3/b9-7-,15-10?. The number of nitrogens with zero attached hydrogens (tertiary/aromatic N) is 3. The quantitative estimate of drug-likeness (QED) is 0.447. The molecule has 0 aliphatic heterocycles. The van der Waals surface area contributed by atoms with Gasteiger partial charge in [-0.3, -0.25) is 25.7 Å². The molecule has 0 spiro atoms. The highest BCUT2D eigenvalue weighted by Gasteiger charge is 2.19. The van der Waals surface area contributed by atoms with Crippen molar-refractivity contribution in [2.45, 2.75) is 19.8 Å². The van der Waals surface area contributed by atoms with Crippen LogP contribution in [0.1, 0.15) is 19.8 Å². The van der Waals surface area contributed by atoms with E-state index in [0.717, 1.165) is 24.1 Å². The summed E-state index contributed by atoms with van der Waals surface area (Å²) in [4.78, 5) is 20.2. The zero-order valence-corrected chi connectivity index (χ0v) is 13.0. The van der Waals surface area contributed by atoms with Gasteiger partial charge in [0.2, 0.25) is 0 Å². The number of nitro benzene ring substituents is 2. The zero-order chi connectivity index (χ0) is 16.7. The van der Waals surface area contributed by atoms with Crippen molar-refractivity contribution < 1.29 is 9.85 Å². The third-order valence-electron chi connectivity index (χ3n) is 2.56. The van der Waals surface area contributed by atoms with Crippen molar-refractivity contribution >= 4 is 46.0 Å². The maximum Gasteiger partial charge on any atom is 0.301 e. The van der Waals surface area contributed by atoms with Crippen LogP contribution < -0.4 is 5.43 Å². The largest absolute Gasteiger partial charge is 0.301 e. The van der Waals surface area contributed by atoms with Crippen LogP contribution in [0, 0.1) is 20.2 Å². The van der Waals surface area contributed by atoms with Crippen molar-refractivity contribution in [3.05, 3.63) is 49.0 Å². The first-order valence-corrected chi connectivity index (χ1v) is 6.93. The lowest BCUT2D eigenvalue weighted by Crippen LogP contribution is -2.04. The fourth-order valence-electron chi connectivity index (χ4n) is 1.54. The molecule has 0 atom stereocenters. The Bertz CT molecular complexity index is 646. The van der Waals surface area contributed by atoms with Crippen molar-refractivity contribution in [3.8, 4) is 0 Å². The van der Waals surface area contributed by atoms with E-state index in [2.05, 4.69) is 10.5 Å². The molecule has 0 radical (unpaired) electrons. The van der Waals surface area contributed by atoms with E-state index in [1.807, 2.05) is 6.92 Å². The SMILES string of the molecule is CCCC(=NNc1ccc([N+](=O)[O-])cc1[N+](=O)[O-])/C(Cl)=C/Cl. The van der Waals surface area contributed by atoms with E-state index in [-0.39, 0.29) is 16.4 Å². The first-order chi connectivity index (χ1) is 10.4. The Balaban J connectivity index is 3.16. The molecule has 0 aliphatic carbocycles. The van der Waals surface area contributed by atoms with Gasteiger partial charge < -0.3 is 0 Å². The smallest absolute Gasteiger partial charge is 0.271 e. The number of nitrogens with one attached hydrogen (secondary N) is 1. The molecule has 1 aromatic carbocycles. The molecule has 0 saturated heterocycles. The van der Waals surface area contributed by atoms with Gasteiger partial charge in [0.05, 0.1) is 26.7 Å². The van der Waals surface area contributed by atoms with Crippen molar-refractivity contribution in [2.75, 3.05) is 5.43 Å². The van der Waals surface area contributed by atoms with Crippen molar-refractivity contribution in [2.24, 2.45) is 5.10 Å². The summed E-state index contributed by atoms with van der Waals surface area (Å²) in [5.41, 5.74) is 3.24. The van der Waals surface area contributed by atoms with E-state index in [0.29, 0.717) is 12.1 Å². The highest BCUT2D eigenvalue weighted by atomic mass is 35.5. The number of anilines is 1. The van der Waals surface area contributed by atoms with Gasteiger partial charge in [0.15, 0.2) is 0 Å². The minimum atomic E-state index is -0.733. The van der Waals surface area contributed by atoms with Gasteiger partial charge in [0.25, 0.3) is 5.69 Å². The van der Waals surface area contributed by atoms with Crippen molar-refractivity contribution in [3.63, 3.8) is 0 Å². The molecule has 0 aromatic heterocycles. The molecule has 0 bridgehead atoms. The van der Waals surface area contributed by atoms with E-state index >= 15 is 0 Å². The lowest BCUT2D eigenvalue weighted by Gasteiger charge is -2.06. The number of nitro groups is 2. The average molecular weight is 347 g/mol. The number of rotatable bonds is 7. The minimum absolute atomic E-state index is 0.0169. The third kappa shape index (κ3) is 4.68. The fraction of sp³-hybridized carbons (Fsp3) is 0.250. The zero-order valence-electron chi connectivity index (χ0n) is 11.5. The maximum atomic E-state index is 11.0. The molecule has 0 aliphatic rings. The molecular formula is C12H12Cl2N4O4. The molecule has 1 rings (SSSR count). The van der Waals surface area contributed by atoms with Gasteiger partial charge in [-0.1, -0.05) is 36.5 Å². The molecule has 0 amide bonds. The monoisotopic (exact) mass is 346 g/mol. The van der Waals surface area contributed by atoms with Gasteiger partial charge in [-0.25, -0.2) is 0 Å². The first kappa shape index (κ1) is 17.9. The summed E-state index contributed by atoms with van der Waals surface area (Å²) in [5.74, 6) is 0. The lowest BCUT2D eigenvalue weighted by molar-refractivity contribution is -0.393.